The summed E-state index contributed by atoms with van der Waals surface area (Å²) in [5.74, 6) is 1.97. The van der Waals surface area contributed by atoms with Crippen LogP contribution in [0.5, 0.6) is 11.5 Å². The van der Waals surface area contributed by atoms with Crippen molar-refractivity contribution in [3.63, 3.8) is 0 Å². The molecule has 2 aromatic heterocycles. The Morgan fingerprint density at radius 2 is 1.88 bits per heavy atom. The molecule has 1 amide bonds. The number of rotatable bonds is 6. The first kappa shape index (κ1) is 20.3. The predicted octanol–water partition coefficient (Wildman–Crippen LogP) is 5.14. The number of fused-ring (bicyclic) bond motifs is 2. The van der Waals surface area contributed by atoms with Gasteiger partial charge >= 0.3 is 0 Å². The molecule has 8 heteroatoms. The molecule has 0 radical (unpaired) electrons. The Kier molecular flexibility index (Phi) is 5.36. The lowest BCUT2D eigenvalue weighted by atomic mass is 10.0. The van der Waals surface area contributed by atoms with E-state index in [1.54, 1.807) is 35.9 Å². The minimum atomic E-state index is -0.0954. The maximum absolute atomic E-state index is 12.4. The van der Waals surface area contributed by atoms with Crippen LogP contribution in [-0.4, -0.2) is 29.2 Å². The van der Waals surface area contributed by atoms with E-state index >= 15 is 0 Å². The molecule has 1 aliphatic rings. The molecule has 0 atom stereocenters. The molecule has 0 spiro atoms. The number of aryl methyl sites for hydroxylation is 2. The van der Waals surface area contributed by atoms with Crippen LogP contribution in [0.1, 0.15) is 16.9 Å². The van der Waals surface area contributed by atoms with Gasteiger partial charge in [0.15, 0.2) is 11.5 Å². The van der Waals surface area contributed by atoms with Gasteiger partial charge in [0, 0.05) is 35.2 Å². The van der Waals surface area contributed by atoms with Crippen molar-refractivity contribution < 1.29 is 14.3 Å². The Hall–Kier alpha value is -3.65. The molecule has 1 aliphatic heterocycles. The monoisotopic (exact) mass is 446 g/mol. The molecule has 4 aromatic rings. The summed E-state index contributed by atoms with van der Waals surface area (Å²) in [6, 6.07) is 13.8. The fraction of sp³-hybridized carbons (Fsp3) is 0.208. The third kappa shape index (κ3) is 3.97. The Bertz CT molecular complexity index is 1300. The van der Waals surface area contributed by atoms with Gasteiger partial charge in [0.1, 0.15) is 17.0 Å². The molecule has 3 heterocycles. The number of carbonyl (C=O) groups excluding carboxylic acids is 1. The van der Waals surface area contributed by atoms with Gasteiger partial charge in [0.25, 0.3) is 0 Å². The molecule has 0 unspecified atom stereocenters. The number of hydrogen-bond donors (Lipinski definition) is 2. The van der Waals surface area contributed by atoms with Crippen LogP contribution < -0.4 is 20.1 Å². The molecule has 5 rings (SSSR count). The van der Waals surface area contributed by atoms with Crippen LogP contribution in [-0.2, 0) is 4.79 Å². The van der Waals surface area contributed by atoms with Crippen molar-refractivity contribution in [3.05, 3.63) is 59.2 Å². The second-order valence-corrected chi connectivity index (χ2v) is 8.80. The van der Waals surface area contributed by atoms with Crippen LogP contribution in [0.25, 0.3) is 21.3 Å². The van der Waals surface area contributed by atoms with Gasteiger partial charge in [-0.15, -0.1) is 11.3 Å². The van der Waals surface area contributed by atoms with Gasteiger partial charge in [-0.2, -0.15) is 0 Å². The number of nitrogens with one attached hydrogen (secondary N) is 2. The normalized spacial score (nSPS) is 12.2. The Labute approximate surface area is 189 Å². The first-order valence-electron chi connectivity index (χ1n) is 10.3. The SMILES string of the molecule is Cc1ccc(-c2c(C)sc3ncnc(NCCC(=O)Nc4ccc5c(c4)OCO5)c23)cc1. The highest BCUT2D eigenvalue weighted by molar-refractivity contribution is 7.19. The van der Waals surface area contributed by atoms with Crippen LogP contribution in [0.3, 0.4) is 0 Å². The van der Waals surface area contributed by atoms with Gasteiger partial charge in [-0.05, 0) is 31.5 Å². The van der Waals surface area contributed by atoms with E-state index in [0.29, 0.717) is 30.2 Å². The smallest absolute Gasteiger partial charge is 0.231 e. The predicted molar refractivity (Wildman–Crippen MR) is 127 cm³/mol. The first-order chi connectivity index (χ1) is 15.6. The van der Waals surface area contributed by atoms with Gasteiger partial charge < -0.3 is 20.1 Å². The molecule has 162 valence electrons. The van der Waals surface area contributed by atoms with Crippen LogP contribution in [0.4, 0.5) is 11.5 Å². The van der Waals surface area contributed by atoms with Crippen molar-refractivity contribution in [1.82, 2.24) is 9.97 Å². The summed E-state index contributed by atoms with van der Waals surface area (Å²) in [6.07, 6.45) is 1.86. The van der Waals surface area contributed by atoms with Gasteiger partial charge in [-0.25, -0.2) is 9.97 Å². The number of aromatic nitrogens is 2. The second kappa shape index (κ2) is 8.47. The quantitative estimate of drug-likeness (QED) is 0.426. The van der Waals surface area contributed by atoms with Crippen LogP contribution in [0, 0.1) is 13.8 Å². The van der Waals surface area contributed by atoms with Crippen LogP contribution >= 0.6 is 11.3 Å². The van der Waals surface area contributed by atoms with Crippen molar-refractivity contribution in [2.24, 2.45) is 0 Å². The van der Waals surface area contributed by atoms with Crippen molar-refractivity contribution in [1.29, 1.82) is 0 Å². The van der Waals surface area contributed by atoms with Crippen LogP contribution in [0.2, 0.25) is 0 Å². The zero-order chi connectivity index (χ0) is 22.1. The second-order valence-electron chi connectivity index (χ2n) is 7.59. The van der Waals surface area contributed by atoms with Gasteiger partial charge in [-0.1, -0.05) is 29.8 Å². The van der Waals surface area contributed by atoms with Gasteiger partial charge in [-0.3, -0.25) is 4.79 Å². The average Bonchev–Trinajstić information content (AvgIpc) is 3.38. The molecule has 0 saturated heterocycles. The molecule has 2 N–H and O–H groups in total. The Morgan fingerprint density at radius 3 is 2.72 bits per heavy atom. The summed E-state index contributed by atoms with van der Waals surface area (Å²) >= 11 is 1.65. The van der Waals surface area contributed by atoms with Gasteiger partial charge in [0.05, 0.1) is 5.39 Å². The number of nitrogens with zero attached hydrogens (tertiary/aromatic N) is 2. The minimum absolute atomic E-state index is 0.0954. The Balaban J connectivity index is 1.30. The molecule has 7 nitrogen and oxygen atoms in total. The third-order valence-corrected chi connectivity index (χ3v) is 6.32. The number of amides is 1. The van der Waals surface area contributed by atoms with Crippen molar-refractivity contribution >= 4 is 39.0 Å². The zero-order valence-electron chi connectivity index (χ0n) is 17.8. The minimum Gasteiger partial charge on any atom is -0.454 e. The van der Waals surface area contributed by atoms with E-state index in [0.717, 1.165) is 27.2 Å². The van der Waals surface area contributed by atoms with E-state index in [1.807, 2.05) is 0 Å². The number of benzene rings is 2. The van der Waals surface area contributed by atoms with E-state index < -0.39 is 0 Å². The molecule has 0 fully saturated rings. The topological polar surface area (TPSA) is 85.4 Å². The number of anilines is 2. The van der Waals surface area contributed by atoms with E-state index in [9.17, 15) is 4.79 Å². The van der Waals surface area contributed by atoms with Crippen molar-refractivity contribution in [2.45, 2.75) is 20.3 Å². The fourth-order valence-electron chi connectivity index (χ4n) is 3.74. The highest BCUT2D eigenvalue weighted by Gasteiger charge is 2.17. The van der Waals surface area contributed by atoms with E-state index in [1.165, 1.54) is 10.4 Å². The summed E-state index contributed by atoms with van der Waals surface area (Å²) in [6.45, 7) is 4.83. The lowest BCUT2D eigenvalue weighted by Crippen LogP contribution is -2.16. The number of carbonyl (C=O) groups is 1. The largest absolute Gasteiger partial charge is 0.454 e. The lowest BCUT2D eigenvalue weighted by molar-refractivity contribution is -0.115. The van der Waals surface area contributed by atoms with E-state index in [-0.39, 0.29) is 12.7 Å². The van der Waals surface area contributed by atoms with Crippen molar-refractivity contribution in [2.75, 3.05) is 24.0 Å². The molecule has 0 bridgehead atoms. The molecule has 0 saturated carbocycles. The summed E-state index contributed by atoms with van der Waals surface area (Å²) in [4.78, 5) is 23.5. The average molecular weight is 447 g/mol. The summed E-state index contributed by atoms with van der Waals surface area (Å²) in [5, 5.41) is 7.22. The molecule has 32 heavy (non-hydrogen) atoms. The number of thiophene rings is 1. The highest BCUT2D eigenvalue weighted by Crippen LogP contribution is 2.40. The molecular formula is C24H22N4O3S. The van der Waals surface area contributed by atoms with Crippen LogP contribution in [0.15, 0.2) is 48.8 Å². The summed E-state index contributed by atoms with van der Waals surface area (Å²) in [7, 11) is 0. The molecule has 0 aliphatic carbocycles. The standard InChI is InChI=1S/C24H22N4O3S/c1-14-3-5-16(6-4-14)21-15(2)32-24-22(21)23(26-12-27-24)25-10-9-20(29)28-17-7-8-18-19(11-17)31-13-30-18/h3-8,11-12H,9-10,13H2,1-2H3,(H,28,29)(H,25,26,27). The first-order valence-corrected chi connectivity index (χ1v) is 11.1. The maximum atomic E-state index is 12.4. The lowest BCUT2D eigenvalue weighted by Gasteiger charge is -2.10. The third-order valence-electron chi connectivity index (χ3n) is 5.31. The van der Waals surface area contributed by atoms with E-state index in [4.69, 9.17) is 9.47 Å². The van der Waals surface area contributed by atoms with Gasteiger partial charge in [0.2, 0.25) is 12.7 Å². The molecular weight excluding hydrogens is 424 g/mol. The number of ether oxygens (including phenoxy) is 2. The number of hydrogen-bond acceptors (Lipinski definition) is 7. The maximum Gasteiger partial charge on any atom is 0.231 e. The zero-order valence-corrected chi connectivity index (χ0v) is 18.6. The highest BCUT2D eigenvalue weighted by atomic mass is 32.1. The fourth-order valence-corrected chi connectivity index (χ4v) is 4.75. The summed E-state index contributed by atoms with van der Waals surface area (Å²) in [5.41, 5.74) is 4.17. The van der Waals surface area contributed by atoms with E-state index in [2.05, 4.69) is 58.7 Å². The Morgan fingerprint density at radius 1 is 1.06 bits per heavy atom. The summed E-state index contributed by atoms with van der Waals surface area (Å²) < 4.78 is 10.7. The molecule has 2 aromatic carbocycles. The van der Waals surface area contributed by atoms with Crippen molar-refractivity contribution in [3.8, 4) is 22.6 Å².